The Morgan fingerprint density at radius 3 is 3.05 bits per heavy atom. The van der Waals surface area contributed by atoms with Crippen LogP contribution in [0.5, 0.6) is 11.5 Å². The molecule has 3 rings (SSSR count). The SMILES string of the molecule is CNC(CSc1ncco1)c1ccc2c(c1)OCO2. The fourth-order valence-corrected chi connectivity index (χ4v) is 2.84. The monoisotopic (exact) mass is 278 g/mol. The van der Waals surface area contributed by atoms with Gasteiger partial charge in [-0.15, -0.1) is 0 Å². The molecule has 0 amide bonds. The molecule has 0 aliphatic carbocycles. The highest BCUT2D eigenvalue weighted by atomic mass is 32.2. The number of fused-ring (bicyclic) bond motifs is 1. The van der Waals surface area contributed by atoms with Gasteiger partial charge in [-0.3, -0.25) is 0 Å². The average Bonchev–Trinajstić information content (AvgIpc) is 3.09. The topological polar surface area (TPSA) is 56.5 Å². The van der Waals surface area contributed by atoms with Crippen LogP contribution in [0.1, 0.15) is 11.6 Å². The third-order valence-corrected chi connectivity index (χ3v) is 3.88. The van der Waals surface area contributed by atoms with Gasteiger partial charge < -0.3 is 19.2 Å². The molecule has 0 fully saturated rings. The Labute approximate surface area is 115 Å². The second-order valence-corrected chi connectivity index (χ2v) is 5.03. The van der Waals surface area contributed by atoms with Crippen LogP contribution in [0.3, 0.4) is 0 Å². The first-order valence-electron chi connectivity index (χ1n) is 5.96. The van der Waals surface area contributed by atoms with E-state index in [4.69, 9.17) is 13.9 Å². The number of aromatic nitrogens is 1. The summed E-state index contributed by atoms with van der Waals surface area (Å²) in [7, 11) is 1.94. The van der Waals surface area contributed by atoms with Crippen molar-refractivity contribution in [3.63, 3.8) is 0 Å². The van der Waals surface area contributed by atoms with Crippen LogP contribution in [0.15, 0.2) is 40.3 Å². The number of nitrogens with one attached hydrogen (secondary N) is 1. The first-order valence-corrected chi connectivity index (χ1v) is 6.94. The van der Waals surface area contributed by atoms with Crippen molar-refractivity contribution in [2.24, 2.45) is 0 Å². The molecule has 6 heteroatoms. The summed E-state index contributed by atoms with van der Waals surface area (Å²) in [6.45, 7) is 0.300. The highest BCUT2D eigenvalue weighted by molar-refractivity contribution is 7.99. The number of ether oxygens (including phenoxy) is 2. The van der Waals surface area contributed by atoms with Crippen molar-refractivity contribution in [3.8, 4) is 11.5 Å². The van der Waals surface area contributed by atoms with E-state index in [1.807, 2.05) is 25.2 Å². The number of hydrogen-bond acceptors (Lipinski definition) is 6. The molecule has 0 saturated heterocycles. The molecule has 2 heterocycles. The molecular weight excluding hydrogens is 264 g/mol. The maximum absolute atomic E-state index is 5.40. The Balaban J connectivity index is 1.71. The second kappa shape index (κ2) is 5.54. The molecule has 1 aromatic heterocycles. The summed E-state index contributed by atoms with van der Waals surface area (Å²) in [5.74, 6) is 2.44. The highest BCUT2D eigenvalue weighted by Gasteiger charge is 2.17. The van der Waals surface area contributed by atoms with Crippen LogP contribution < -0.4 is 14.8 Å². The van der Waals surface area contributed by atoms with Gasteiger partial charge in [0, 0.05) is 11.8 Å². The predicted molar refractivity (Wildman–Crippen MR) is 71.6 cm³/mol. The number of hydrogen-bond donors (Lipinski definition) is 1. The van der Waals surface area contributed by atoms with Gasteiger partial charge in [0.05, 0.1) is 6.20 Å². The zero-order valence-electron chi connectivity index (χ0n) is 10.5. The molecule has 1 aliphatic rings. The van der Waals surface area contributed by atoms with E-state index in [9.17, 15) is 0 Å². The second-order valence-electron chi connectivity index (χ2n) is 4.06. The molecular formula is C13H14N2O3S. The number of benzene rings is 1. The normalized spacial score (nSPS) is 14.6. The van der Waals surface area contributed by atoms with E-state index in [0.29, 0.717) is 12.0 Å². The zero-order valence-corrected chi connectivity index (χ0v) is 11.3. The van der Waals surface area contributed by atoms with Gasteiger partial charge in [-0.25, -0.2) is 4.98 Å². The lowest BCUT2D eigenvalue weighted by Crippen LogP contribution is -2.18. The molecule has 19 heavy (non-hydrogen) atoms. The van der Waals surface area contributed by atoms with Gasteiger partial charge in [-0.05, 0) is 24.7 Å². The fraction of sp³-hybridized carbons (Fsp3) is 0.308. The minimum Gasteiger partial charge on any atom is -0.454 e. The molecule has 2 aromatic rings. The summed E-state index contributed by atoms with van der Waals surface area (Å²) in [6.07, 6.45) is 3.23. The molecule has 0 radical (unpaired) electrons. The van der Waals surface area contributed by atoms with Crippen molar-refractivity contribution in [2.45, 2.75) is 11.3 Å². The van der Waals surface area contributed by atoms with Crippen LogP contribution in [0.4, 0.5) is 0 Å². The average molecular weight is 278 g/mol. The molecule has 1 N–H and O–H groups in total. The number of thioether (sulfide) groups is 1. The summed E-state index contributed by atoms with van der Waals surface area (Å²) >= 11 is 1.58. The Kier molecular flexibility index (Phi) is 3.61. The molecule has 1 atom stereocenters. The Hall–Kier alpha value is -1.66. The lowest BCUT2D eigenvalue weighted by atomic mass is 10.1. The standard InChI is InChI=1S/C13H14N2O3S/c1-14-10(7-19-13-15-4-5-16-13)9-2-3-11-12(6-9)18-8-17-11/h2-6,10,14H,7-8H2,1H3. The van der Waals surface area contributed by atoms with Gasteiger partial charge in [0.1, 0.15) is 6.26 Å². The summed E-state index contributed by atoms with van der Waals surface area (Å²) in [4.78, 5) is 4.10. The Bertz CT molecular complexity index is 545. The minimum absolute atomic E-state index is 0.200. The van der Waals surface area contributed by atoms with E-state index >= 15 is 0 Å². The molecule has 1 unspecified atom stereocenters. The quantitative estimate of drug-likeness (QED) is 0.848. The lowest BCUT2D eigenvalue weighted by molar-refractivity contribution is 0.174. The van der Waals surface area contributed by atoms with Crippen molar-refractivity contribution >= 4 is 11.8 Å². The van der Waals surface area contributed by atoms with Crippen LogP contribution in [0.25, 0.3) is 0 Å². The van der Waals surface area contributed by atoms with E-state index in [1.54, 1.807) is 24.2 Å². The minimum atomic E-state index is 0.200. The van der Waals surface area contributed by atoms with Gasteiger partial charge in [-0.1, -0.05) is 17.8 Å². The van der Waals surface area contributed by atoms with Gasteiger partial charge in [-0.2, -0.15) is 0 Å². The number of rotatable bonds is 5. The lowest BCUT2D eigenvalue weighted by Gasteiger charge is -2.15. The Morgan fingerprint density at radius 2 is 2.26 bits per heavy atom. The van der Waals surface area contributed by atoms with Crippen LogP contribution in [0, 0.1) is 0 Å². The molecule has 1 aliphatic heterocycles. The van der Waals surface area contributed by atoms with Gasteiger partial charge in [0.2, 0.25) is 6.79 Å². The van der Waals surface area contributed by atoms with Crippen molar-refractivity contribution in [1.82, 2.24) is 10.3 Å². The maximum Gasteiger partial charge on any atom is 0.255 e. The zero-order chi connectivity index (χ0) is 13.1. The summed E-state index contributed by atoms with van der Waals surface area (Å²) in [5.41, 5.74) is 1.16. The molecule has 1 aromatic carbocycles. The molecule has 0 bridgehead atoms. The third-order valence-electron chi connectivity index (χ3n) is 2.93. The first kappa shape index (κ1) is 12.4. The van der Waals surface area contributed by atoms with Gasteiger partial charge in [0.25, 0.3) is 5.22 Å². The van der Waals surface area contributed by atoms with E-state index in [-0.39, 0.29) is 6.04 Å². The molecule has 5 nitrogen and oxygen atoms in total. The van der Waals surface area contributed by atoms with Crippen molar-refractivity contribution in [1.29, 1.82) is 0 Å². The smallest absolute Gasteiger partial charge is 0.255 e. The first-order chi connectivity index (χ1) is 9.36. The van der Waals surface area contributed by atoms with E-state index < -0.39 is 0 Å². The van der Waals surface area contributed by atoms with Crippen LogP contribution in [-0.2, 0) is 0 Å². The van der Waals surface area contributed by atoms with Crippen LogP contribution >= 0.6 is 11.8 Å². The molecule has 0 spiro atoms. The molecule has 100 valence electrons. The number of oxazole rings is 1. The van der Waals surface area contributed by atoms with E-state index in [1.165, 1.54) is 0 Å². The summed E-state index contributed by atoms with van der Waals surface area (Å²) < 4.78 is 15.9. The van der Waals surface area contributed by atoms with E-state index in [0.717, 1.165) is 22.8 Å². The third kappa shape index (κ3) is 2.69. The van der Waals surface area contributed by atoms with Crippen molar-refractivity contribution in [2.75, 3.05) is 19.6 Å². The maximum atomic E-state index is 5.40. The van der Waals surface area contributed by atoms with Crippen molar-refractivity contribution < 1.29 is 13.9 Å². The largest absolute Gasteiger partial charge is 0.454 e. The fourth-order valence-electron chi connectivity index (χ4n) is 1.91. The number of nitrogens with zero attached hydrogens (tertiary/aromatic N) is 1. The molecule has 0 saturated carbocycles. The van der Waals surface area contributed by atoms with Crippen LogP contribution in [0.2, 0.25) is 0 Å². The van der Waals surface area contributed by atoms with Crippen LogP contribution in [-0.4, -0.2) is 24.6 Å². The summed E-state index contributed by atoms with van der Waals surface area (Å²) in [6, 6.07) is 6.20. The van der Waals surface area contributed by atoms with Gasteiger partial charge in [0.15, 0.2) is 11.5 Å². The van der Waals surface area contributed by atoms with E-state index in [2.05, 4.69) is 10.3 Å². The predicted octanol–water partition coefficient (Wildman–Crippen LogP) is 2.46. The van der Waals surface area contributed by atoms with Crippen molar-refractivity contribution in [3.05, 3.63) is 36.2 Å². The highest BCUT2D eigenvalue weighted by Crippen LogP contribution is 2.35. The Morgan fingerprint density at radius 1 is 1.37 bits per heavy atom. The summed E-state index contributed by atoms with van der Waals surface area (Å²) in [5, 5.41) is 3.97. The van der Waals surface area contributed by atoms with Gasteiger partial charge >= 0.3 is 0 Å².